The summed E-state index contributed by atoms with van der Waals surface area (Å²) in [6.45, 7) is 0. The molecule has 0 spiro atoms. The van der Waals surface area contributed by atoms with Crippen molar-refractivity contribution < 1.29 is 13.9 Å². The Morgan fingerprint density at radius 2 is 2.00 bits per heavy atom. The number of methoxy groups -OCH3 is 1. The molecule has 1 aliphatic carbocycles. The number of para-hydroxylation sites is 1. The van der Waals surface area contributed by atoms with Crippen LogP contribution in [0, 0.1) is 17.1 Å². The summed E-state index contributed by atoms with van der Waals surface area (Å²) in [5, 5.41) is 9.12. The Balaban J connectivity index is 1.61. The van der Waals surface area contributed by atoms with E-state index in [9.17, 15) is 4.39 Å². The molecule has 2 aromatic carbocycles. The van der Waals surface area contributed by atoms with Crippen LogP contribution in [0.3, 0.4) is 0 Å². The Morgan fingerprint density at radius 1 is 1.17 bits per heavy atom. The van der Waals surface area contributed by atoms with Crippen LogP contribution in [-0.2, 0) is 0 Å². The van der Waals surface area contributed by atoms with Crippen LogP contribution in [0.2, 0.25) is 5.02 Å². The van der Waals surface area contributed by atoms with E-state index in [-0.39, 0.29) is 11.1 Å². The van der Waals surface area contributed by atoms with Crippen LogP contribution in [-0.4, -0.2) is 27.7 Å². The van der Waals surface area contributed by atoms with Crippen molar-refractivity contribution in [3.8, 4) is 23.4 Å². The second-order valence-electron chi connectivity index (χ2n) is 8.31. The fraction of sp³-hybridized carbons (Fsp3) is 0.222. The van der Waals surface area contributed by atoms with Crippen LogP contribution in [0.25, 0.3) is 29.0 Å². The maximum Gasteiger partial charge on any atom is 0.168 e. The van der Waals surface area contributed by atoms with Crippen molar-refractivity contribution in [2.75, 3.05) is 7.11 Å². The highest BCUT2D eigenvalue weighted by Gasteiger charge is 2.20. The average molecular weight is 489 g/mol. The van der Waals surface area contributed by atoms with Crippen LogP contribution < -0.4 is 9.47 Å². The van der Waals surface area contributed by atoms with Crippen LogP contribution >= 0.6 is 11.6 Å². The monoisotopic (exact) mass is 488 g/mol. The Bertz CT molecular complexity index is 1450. The van der Waals surface area contributed by atoms with Crippen molar-refractivity contribution in [3.05, 3.63) is 76.5 Å². The molecule has 5 rings (SSSR count). The summed E-state index contributed by atoms with van der Waals surface area (Å²) in [4.78, 5) is 9.03. The molecule has 1 saturated carbocycles. The third-order valence-corrected chi connectivity index (χ3v) is 6.35. The van der Waals surface area contributed by atoms with Gasteiger partial charge >= 0.3 is 0 Å². The number of hydrogen-bond donors (Lipinski definition) is 0. The van der Waals surface area contributed by atoms with E-state index in [1.54, 1.807) is 23.8 Å². The Labute approximate surface area is 207 Å². The van der Waals surface area contributed by atoms with Gasteiger partial charge < -0.3 is 9.47 Å². The number of benzene rings is 2. The van der Waals surface area contributed by atoms with Gasteiger partial charge in [0.15, 0.2) is 11.5 Å². The summed E-state index contributed by atoms with van der Waals surface area (Å²) in [7, 11) is 1.62. The minimum Gasteiger partial charge on any atom is -0.493 e. The molecule has 35 heavy (non-hydrogen) atoms. The lowest BCUT2D eigenvalue weighted by atomic mass is 10.1. The van der Waals surface area contributed by atoms with Crippen LogP contribution in [0.4, 0.5) is 4.39 Å². The SMILES string of the molecule is COc1cccc(/C=C/c2nc3cc(F)c(Cl)cc3n2-c2ccc(C#N)cn2)c1OC1CCCC1. The summed E-state index contributed by atoms with van der Waals surface area (Å²) in [5.74, 6) is 1.85. The number of hydrogen-bond acceptors (Lipinski definition) is 5. The van der Waals surface area contributed by atoms with Gasteiger partial charge in [-0.1, -0.05) is 23.7 Å². The predicted octanol–water partition coefficient (Wildman–Crippen LogP) is 6.59. The van der Waals surface area contributed by atoms with Gasteiger partial charge in [-0.2, -0.15) is 5.26 Å². The third kappa shape index (κ3) is 4.58. The van der Waals surface area contributed by atoms with Crippen molar-refractivity contribution in [3.63, 3.8) is 0 Å². The first-order valence-corrected chi connectivity index (χ1v) is 11.7. The molecule has 4 aromatic rings. The maximum atomic E-state index is 14.2. The normalized spacial score (nSPS) is 14.0. The topological polar surface area (TPSA) is 73.0 Å². The fourth-order valence-electron chi connectivity index (χ4n) is 4.32. The summed E-state index contributed by atoms with van der Waals surface area (Å²) >= 11 is 6.08. The van der Waals surface area contributed by atoms with Gasteiger partial charge in [0.25, 0.3) is 0 Å². The number of aromatic nitrogens is 3. The first kappa shape index (κ1) is 22.9. The first-order chi connectivity index (χ1) is 17.1. The van der Waals surface area contributed by atoms with Gasteiger partial charge in [-0.25, -0.2) is 14.4 Å². The number of ether oxygens (including phenoxy) is 2. The smallest absolute Gasteiger partial charge is 0.168 e. The molecule has 0 unspecified atom stereocenters. The zero-order chi connectivity index (χ0) is 24.4. The molecule has 0 bridgehead atoms. The van der Waals surface area contributed by atoms with Gasteiger partial charge in [-0.05, 0) is 62.1 Å². The second-order valence-corrected chi connectivity index (χ2v) is 8.72. The zero-order valence-electron chi connectivity index (χ0n) is 19.0. The van der Waals surface area contributed by atoms with Gasteiger partial charge in [0.05, 0.1) is 34.8 Å². The largest absolute Gasteiger partial charge is 0.493 e. The summed E-state index contributed by atoms with van der Waals surface area (Å²) in [6.07, 6.45) is 9.72. The Kier molecular flexibility index (Phi) is 6.39. The van der Waals surface area contributed by atoms with E-state index in [1.165, 1.54) is 18.3 Å². The molecule has 0 atom stereocenters. The van der Waals surface area contributed by atoms with Gasteiger partial charge in [-0.3, -0.25) is 4.57 Å². The van der Waals surface area contributed by atoms with Crippen molar-refractivity contribution in [2.45, 2.75) is 31.8 Å². The lowest BCUT2D eigenvalue weighted by Gasteiger charge is -2.18. The molecular formula is C27H22ClFN4O2. The van der Waals surface area contributed by atoms with Gasteiger partial charge in [0, 0.05) is 17.8 Å². The van der Waals surface area contributed by atoms with E-state index in [0.717, 1.165) is 31.2 Å². The molecule has 8 heteroatoms. The maximum absolute atomic E-state index is 14.2. The number of fused-ring (bicyclic) bond motifs is 1. The zero-order valence-corrected chi connectivity index (χ0v) is 19.8. The van der Waals surface area contributed by atoms with E-state index >= 15 is 0 Å². The Morgan fingerprint density at radius 3 is 2.71 bits per heavy atom. The number of nitriles is 1. The van der Waals surface area contributed by atoms with Gasteiger partial charge in [0.1, 0.15) is 23.5 Å². The molecular weight excluding hydrogens is 467 g/mol. The molecule has 0 N–H and O–H groups in total. The summed E-state index contributed by atoms with van der Waals surface area (Å²) in [6, 6.07) is 14.0. The van der Waals surface area contributed by atoms with E-state index in [2.05, 4.69) is 16.0 Å². The first-order valence-electron chi connectivity index (χ1n) is 11.3. The van der Waals surface area contributed by atoms with E-state index in [4.69, 9.17) is 26.3 Å². The van der Waals surface area contributed by atoms with Crippen molar-refractivity contribution in [1.82, 2.24) is 14.5 Å². The summed E-state index contributed by atoms with van der Waals surface area (Å²) in [5.41, 5.74) is 2.31. The molecule has 2 aromatic heterocycles. The minimum atomic E-state index is -0.549. The Hall–Kier alpha value is -3.89. The molecule has 0 aliphatic heterocycles. The lowest BCUT2D eigenvalue weighted by molar-refractivity contribution is 0.200. The fourth-order valence-corrected chi connectivity index (χ4v) is 4.47. The number of pyridine rings is 1. The van der Waals surface area contributed by atoms with E-state index < -0.39 is 5.82 Å². The molecule has 2 heterocycles. The number of nitrogens with zero attached hydrogens (tertiary/aromatic N) is 4. The standard InChI is InChI=1S/C27H22ClFN4O2/c1-34-24-8-4-5-18(27(24)35-19-6-2-3-7-19)10-12-26-32-22-14-21(29)20(28)13-23(22)33(26)25-11-9-17(15-30)16-31-25/h4-5,8-14,16,19H,2-3,6-7H2,1H3/b12-10+. The minimum absolute atomic E-state index is 0.0112. The van der Waals surface area contributed by atoms with Gasteiger partial charge in [0.2, 0.25) is 0 Å². The molecule has 6 nitrogen and oxygen atoms in total. The van der Waals surface area contributed by atoms with Crippen LogP contribution in [0.15, 0.2) is 48.7 Å². The van der Waals surface area contributed by atoms with Gasteiger partial charge in [-0.15, -0.1) is 0 Å². The number of halogens is 2. The highest BCUT2D eigenvalue weighted by atomic mass is 35.5. The van der Waals surface area contributed by atoms with Crippen molar-refractivity contribution in [1.29, 1.82) is 5.26 Å². The summed E-state index contributed by atoms with van der Waals surface area (Å²) < 4.78 is 27.9. The van der Waals surface area contributed by atoms with Crippen LogP contribution in [0.5, 0.6) is 11.5 Å². The molecule has 0 radical (unpaired) electrons. The highest BCUT2D eigenvalue weighted by molar-refractivity contribution is 6.31. The third-order valence-electron chi connectivity index (χ3n) is 6.06. The predicted molar refractivity (Wildman–Crippen MR) is 133 cm³/mol. The van der Waals surface area contributed by atoms with E-state index in [1.807, 2.05) is 30.4 Å². The lowest BCUT2D eigenvalue weighted by Crippen LogP contribution is -2.12. The molecule has 0 amide bonds. The van der Waals surface area contributed by atoms with E-state index in [0.29, 0.717) is 39.7 Å². The highest BCUT2D eigenvalue weighted by Crippen LogP contribution is 2.36. The molecule has 0 saturated heterocycles. The van der Waals surface area contributed by atoms with Crippen LogP contribution in [0.1, 0.15) is 42.6 Å². The van der Waals surface area contributed by atoms with Crippen molar-refractivity contribution >= 4 is 34.8 Å². The van der Waals surface area contributed by atoms with Crippen molar-refractivity contribution in [2.24, 2.45) is 0 Å². The average Bonchev–Trinajstić information content (AvgIpc) is 3.51. The quantitative estimate of drug-likeness (QED) is 0.306. The molecule has 1 fully saturated rings. The number of rotatable bonds is 6. The molecule has 176 valence electrons. The number of imidazole rings is 1. The molecule has 1 aliphatic rings. The second kappa shape index (κ2) is 9.77.